The van der Waals surface area contributed by atoms with Crippen LogP contribution in [-0.2, 0) is 23.6 Å². The Morgan fingerprint density at radius 3 is 2.30 bits per heavy atom. The smallest absolute Gasteiger partial charge is 0.492 e. The van der Waals surface area contributed by atoms with E-state index in [-0.39, 0.29) is 41.5 Å². The number of aromatic nitrogens is 1. The standard InChI is InChI=1S/C23H26BF2N3O8/c1-11(30)35-24(36-12(2)31)37-23(33)16-9-29(14-4-5-14)19-15(21(16)32)6-17(26)20(22(19)34-3)28-8-13(7-25)18(27)10-28/h6,9,13-14,18H,4-5,7-8,10,27H2,1-3H3/t13-,18+/m0/s1. The number of nitrogens with zero attached hydrogens (tertiary/aromatic N) is 2. The Balaban J connectivity index is 1.83. The number of pyridine rings is 1. The molecule has 2 N–H and O–H groups in total. The normalized spacial score (nSPS) is 19.0. The van der Waals surface area contributed by atoms with E-state index >= 15 is 4.39 Å². The Hall–Kier alpha value is -3.68. The fourth-order valence-electron chi connectivity index (χ4n) is 4.45. The highest BCUT2D eigenvalue weighted by Crippen LogP contribution is 2.44. The predicted molar refractivity (Wildman–Crippen MR) is 127 cm³/mol. The molecular formula is C23H26BF2N3O8. The second-order valence-electron chi connectivity index (χ2n) is 9.04. The summed E-state index contributed by atoms with van der Waals surface area (Å²) in [6.45, 7) is 1.72. The Morgan fingerprint density at radius 2 is 1.78 bits per heavy atom. The van der Waals surface area contributed by atoms with Crippen LogP contribution in [0, 0.1) is 11.7 Å². The Labute approximate surface area is 210 Å². The summed E-state index contributed by atoms with van der Waals surface area (Å²) < 4.78 is 50.4. The molecule has 1 aliphatic heterocycles. The third-order valence-electron chi connectivity index (χ3n) is 6.30. The molecule has 1 saturated carbocycles. The number of fused-ring (bicyclic) bond motifs is 1. The molecule has 37 heavy (non-hydrogen) atoms. The fraction of sp³-hybridized carbons (Fsp3) is 0.478. The SMILES string of the molecule is COc1c(N2C[C@H](CF)[C@H](N)C2)c(F)cc2c(=O)c(C(=O)OB(OC(C)=O)OC(C)=O)cn(C3CC3)c12. The van der Waals surface area contributed by atoms with Gasteiger partial charge in [0.1, 0.15) is 11.3 Å². The van der Waals surface area contributed by atoms with Gasteiger partial charge >= 0.3 is 13.3 Å². The summed E-state index contributed by atoms with van der Waals surface area (Å²) in [5.41, 5.74) is 4.98. The summed E-state index contributed by atoms with van der Waals surface area (Å²) in [6, 6.07) is 0.378. The first-order chi connectivity index (χ1) is 17.5. The van der Waals surface area contributed by atoms with Crippen LogP contribution in [0.4, 0.5) is 14.5 Å². The van der Waals surface area contributed by atoms with Crippen molar-refractivity contribution in [3.8, 4) is 5.75 Å². The van der Waals surface area contributed by atoms with Gasteiger partial charge in [0, 0.05) is 51.1 Å². The van der Waals surface area contributed by atoms with Gasteiger partial charge in [-0.15, -0.1) is 0 Å². The van der Waals surface area contributed by atoms with E-state index in [2.05, 4.69) is 9.31 Å². The van der Waals surface area contributed by atoms with Crippen LogP contribution in [0.5, 0.6) is 5.75 Å². The maximum absolute atomic E-state index is 15.5. The van der Waals surface area contributed by atoms with Crippen molar-refractivity contribution in [3.05, 3.63) is 33.9 Å². The molecule has 1 aromatic heterocycles. The molecule has 2 fully saturated rings. The number of ether oxygens (including phenoxy) is 1. The van der Waals surface area contributed by atoms with Gasteiger partial charge in [0.25, 0.3) is 11.9 Å². The summed E-state index contributed by atoms with van der Waals surface area (Å²) in [6.07, 6.45) is 2.71. The van der Waals surface area contributed by atoms with Crippen molar-refractivity contribution in [1.82, 2.24) is 4.57 Å². The Kier molecular flexibility index (Phi) is 7.39. The van der Waals surface area contributed by atoms with Crippen LogP contribution in [0.1, 0.15) is 43.1 Å². The van der Waals surface area contributed by atoms with Gasteiger partial charge in [-0.1, -0.05) is 0 Å². The lowest BCUT2D eigenvalue weighted by molar-refractivity contribution is -0.139. The molecule has 0 bridgehead atoms. The van der Waals surface area contributed by atoms with Crippen molar-refractivity contribution in [2.75, 3.05) is 31.8 Å². The minimum absolute atomic E-state index is 0.0512. The second kappa shape index (κ2) is 10.4. The third kappa shape index (κ3) is 5.24. The van der Waals surface area contributed by atoms with Crippen LogP contribution in [0.25, 0.3) is 10.9 Å². The first-order valence-electron chi connectivity index (χ1n) is 11.6. The molecule has 1 aromatic carbocycles. The number of methoxy groups -OCH3 is 1. The summed E-state index contributed by atoms with van der Waals surface area (Å²) in [5, 5.41) is -0.151. The zero-order chi connectivity index (χ0) is 27.0. The van der Waals surface area contributed by atoms with E-state index in [0.717, 1.165) is 32.8 Å². The number of hydrogen-bond acceptors (Lipinski definition) is 10. The zero-order valence-electron chi connectivity index (χ0n) is 20.5. The van der Waals surface area contributed by atoms with E-state index < -0.39 is 60.7 Å². The van der Waals surface area contributed by atoms with Gasteiger partial charge in [0.2, 0.25) is 5.43 Å². The summed E-state index contributed by atoms with van der Waals surface area (Å²) >= 11 is 0. The van der Waals surface area contributed by atoms with Gasteiger partial charge in [-0.2, -0.15) is 0 Å². The van der Waals surface area contributed by atoms with Crippen LogP contribution >= 0.6 is 0 Å². The third-order valence-corrected chi connectivity index (χ3v) is 6.30. The predicted octanol–water partition coefficient (Wildman–Crippen LogP) is 1.48. The molecule has 0 amide bonds. The number of alkyl halides is 1. The number of rotatable bonds is 8. The van der Waals surface area contributed by atoms with Gasteiger partial charge in [-0.05, 0) is 18.9 Å². The molecular weight excluding hydrogens is 495 g/mol. The lowest BCUT2D eigenvalue weighted by Gasteiger charge is -2.24. The molecule has 4 rings (SSSR count). The van der Waals surface area contributed by atoms with Gasteiger partial charge in [-0.3, -0.25) is 18.8 Å². The monoisotopic (exact) mass is 521 g/mol. The minimum atomic E-state index is -2.01. The molecule has 2 heterocycles. The van der Waals surface area contributed by atoms with Crippen LogP contribution in [-0.4, -0.2) is 62.7 Å². The molecule has 0 radical (unpaired) electrons. The Bertz CT molecular complexity index is 1300. The minimum Gasteiger partial charge on any atom is -0.492 e. The molecule has 198 valence electrons. The van der Waals surface area contributed by atoms with Crippen LogP contribution < -0.4 is 20.8 Å². The van der Waals surface area contributed by atoms with E-state index in [1.165, 1.54) is 13.3 Å². The Morgan fingerprint density at radius 1 is 1.14 bits per heavy atom. The van der Waals surface area contributed by atoms with E-state index in [4.69, 9.17) is 15.1 Å². The fourth-order valence-corrected chi connectivity index (χ4v) is 4.45. The van der Waals surface area contributed by atoms with E-state index in [0.29, 0.717) is 0 Å². The molecule has 1 aliphatic carbocycles. The maximum atomic E-state index is 15.5. The summed E-state index contributed by atoms with van der Waals surface area (Å²) in [5.74, 6) is -4.27. The maximum Gasteiger partial charge on any atom is 0.870 e. The first-order valence-corrected chi connectivity index (χ1v) is 11.6. The molecule has 0 spiro atoms. The van der Waals surface area contributed by atoms with Gasteiger partial charge < -0.3 is 33.9 Å². The van der Waals surface area contributed by atoms with Crippen molar-refractivity contribution in [2.45, 2.75) is 38.8 Å². The van der Waals surface area contributed by atoms with Crippen molar-refractivity contribution < 1.29 is 41.9 Å². The highest BCUT2D eigenvalue weighted by Gasteiger charge is 2.38. The van der Waals surface area contributed by atoms with E-state index in [1.54, 1.807) is 9.47 Å². The van der Waals surface area contributed by atoms with Crippen molar-refractivity contribution in [2.24, 2.45) is 11.7 Å². The molecule has 0 unspecified atom stereocenters. The average Bonchev–Trinajstić information content (AvgIpc) is 3.59. The van der Waals surface area contributed by atoms with Crippen LogP contribution in [0.15, 0.2) is 17.1 Å². The quantitative estimate of drug-likeness (QED) is 0.509. The molecule has 1 saturated heterocycles. The molecule has 14 heteroatoms. The highest BCUT2D eigenvalue weighted by molar-refractivity contribution is 6.44. The number of hydrogen-bond donors (Lipinski definition) is 1. The van der Waals surface area contributed by atoms with Gasteiger partial charge in [0.15, 0.2) is 11.6 Å². The average molecular weight is 521 g/mol. The topological polar surface area (TPSA) is 139 Å². The molecule has 2 aromatic rings. The van der Waals surface area contributed by atoms with Crippen molar-refractivity contribution in [1.29, 1.82) is 0 Å². The molecule has 2 aliphatic rings. The zero-order valence-corrected chi connectivity index (χ0v) is 20.5. The van der Waals surface area contributed by atoms with Gasteiger partial charge in [0.05, 0.1) is 24.7 Å². The molecule has 2 atom stereocenters. The van der Waals surface area contributed by atoms with Crippen LogP contribution in [0.3, 0.4) is 0 Å². The lowest BCUT2D eigenvalue weighted by Crippen LogP contribution is -2.35. The van der Waals surface area contributed by atoms with Crippen molar-refractivity contribution >= 4 is 41.8 Å². The van der Waals surface area contributed by atoms with Crippen molar-refractivity contribution in [3.63, 3.8) is 0 Å². The number of halogens is 2. The first kappa shape index (κ1) is 26.4. The van der Waals surface area contributed by atoms with Gasteiger partial charge in [-0.25, -0.2) is 9.18 Å². The van der Waals surface area contributed by atoms with E-state index in [1.807, 2.05) is 0 Å². The highest BCUT2D eigenvalue weighted by atomic mass is 19.1. The number of carbonyl (C=O) groups is 3. The summed E-state index contributed by atoms with van der Waals surface area (Å²) in [4.78, 5) is 50.4. The lowest BCUT2D eigenvalue weighted by atomic mass is 10.1. The number of anilines is 1. The van der Waals surface area contributed by atoms with Crippen LogP contribution in [0.2, 0.25) is 0 Å². The number of nitrogens with two attached hydrogens (primary N) is 1. The van der Waals surface area contributed by atoms with E-state index in [9.17, 15) is 23.6 Å². The largest absolute Gasteiger partial charge is 0.870 e. The number of carbonyl (C=O) groups excluding carboxylic acids is 3. The molecule has 11 nitrogen and oxygen atoms in total. The number of benzene rings is 1. The second-order valence-corrected chi connectivity index (χ2v) is 9.04. The summed E-state index contributed by atoms with van der Waals surface area (Å²) in [7, 11) is -0.684.